The number of likely N-dealkylation sites (tertiary alicyclic amines) is 1. The molecular weight excluding hydrogens is 272 g/mol. The molecule has 2 fully saturated rings. The third kappa shape index (κ3) is 2.94. The predicted molar refractivity (Wildman–Crippen MR) is 75.2 cm³/mol. The zero-order chi connectivity index (χ0) is 15.0. The first-order valence-corrected chi connectivity index (χ1v) is 7.55. The molecule has 116 valence electrons. The predicted octanol–water partition coefficient (Wildman–Crippen LogP) is 1.04. The van der Waals surface area contributed by atoms with Gasteiger partial charge in [0, 0.05) is 25.7 Å². The van der Waals surface area contributed by atoms with Crippen molar-refractivity contribution in [2.75, 3.05) is 19.7 Å². The molecule has 2 saturated heterocycles. The van der Waals surface area contributed by atoms with Crippen LogP contribution in [0, 0.1) is 5.92 Å². The first-order valence-electron chi connectivity index (χ1n) is 7.55. The molecular formula is C14H22N4O3. The summed E-state index contributed by atoms with van der Waals surface area (Å²) < 4.78 is 7.49. The summed E-state index contributed by atoms with van der Waals surface area (Å²) in [6, 6.07) is 0.816. The SMILES string of the molecule is CC(C)C1CC(N2CC(n3cc(C(=O)O)nn3)C2)CCO1. The Labute approximate surface area is 123 Å². The van der Waals surface area contributed by atoms with Gasteiger partial charge in [0.25, 0.3) is 0 Å². The summed E-state index contributed by atoms with van der Waals surface area (Å²) in [6.45, 7) is 7.07. The van der Waals surface area contributed by atoms with Crippen molar-refractivity contribution in [1.82, 2.24) is 19.9 Å². The molecule has 2 aliphatic heterocycles. The summed E-state index contributed by atoms with van der Waals surface area (Å²) in [5, 5.41) is 16.5. The first-order chi connectivity index (χ1) is 10.0. The summed E-state index contributed by atoms with van der Waals surface area (Å²) >= 11 is 0. The van der Waals surface area contributed by atoms with Crippen LogP contribution in [-0.2, 0) is 4.74 Å². The van der Waals surface area contributed by atoms with E-state index in [1.54, 1.807) is 4.68 Å². The van der Waals surface area contributed by atoms with Gasteiger partial charge < -0.3 is 9.84 Å². The summed E-state index contributed by atoms with van der Waals surface area (Å²) in [5.41, 5.74) is 0.0133. The number of rotatable bonds is 4. The fraction of sp³-hybridized carbons (Fsp3) is 0.786. The number of hydrogen-bond donors (Lipinski definition) is 1. The second-order valence-corrected chi connectivity index (χ2v) is 6.33. The minimum absolute atomic E-state index is 0.0133. The number of carboxylic acid groups (broad SMARTS) is 1. The van der Waals surface area contributed by atoms with Crippen LogP contribution in [0.25, 0.3) is 0 Å². The van der Waals surface area contributed by atoms with Crippen molar-refractivity contribution in [3.63, 3.8) is 0 Å². The van der Waals surface area contributed by atoms with Crippen LogP contribution in [0.3, 0.4) is 0 Å². The average Bonchev–Trinajstić information content (AvgIpc) is 2.87. The highest BCUT2D eigenvalue weighted by Crippen LogP contribution is 2.30. The highest BCUT2D eigenvalue weighted by atomic mass is 16.5. The van der Waals surface area contributed by atoms with E-state index >= 15 is 0 Å². The number of carboxylic acids is 1. The molecule has 2 atom stereocenters. The number of aromatic nitrogens is 3. The lowest BCUT2D eigenvalue weighted by Crippen LogP contribution is -2.55. The van der Waals surface area contributed by atoms with Crippen molar-refractivity contribution in [1.29, 1.82) is 0 Å². The first kappa shape index (κ1) is 14.5. The van der Waals surface area contributed by atoms with Gasteiger partial charge in [0.15, 0.2) is 5.69 Å². The number of hydrogen-bond acceptors (Lipinski definition) is 5. The zero-order valence-corrected chi connectivity index (χ0v) is 12.5. The Kier molecular flexibility index (Phi) is 3.95. The summed E-state index contributed by atoms with van der Waals surface area (Å²) in [5.74, 6) is -0.472. The Morgan fingerprint density at radius 1 is 1.43 bits per heavy atom. The molecule has 0 aromatic carbocycles. The quantitative estimate of drug-likeness (QED) is 0.893. The number of ether oxygens (including phenoxy) is 1. The molecule has 1 aromatic rings. The van der Waals surface area contributed by atoms with Crippen LogP contribution in [0.1, 0.15) is 43.2 Å². The van der Waals surface area contributed by atoms with Crippen molar-refractivity contribution in [2.24, 2.45) is 5.92 Å². The third-order valence-corrected chi connectivity index (χ3v) is 4.54. The Balaban J connectivity index is 1.54. The number of carbonyl (C=O) groups is 1. The molecule has 21 heavy (non-hydrogen) atoms. The maximum atomic E-state index is 10.8. The van der Waals surface area contributed by atoms with Crippen molar-refractivity contribution in [2.45, 2.75) is 44.9 Å². The van der Waals surface area contributed by atoms with E-state index in [0.717, 1.165) is 32.5 Å². The van der Waals surface area contributed by atoms with E-state index in [2.05, 4.69) is 29.1 Å². The van der Waals surface area contributed by atoms with E-state index in [4.69, 9.17) is 9.84 Å². The van der Waals surface area contributed by atoms with Crippen molar-refractivity contribution in [3.8, 4) is 0 Å². The molecule has 0 radical (unpaired) electrons. The molecule has 1 aromatic heterocycles. The zero-order valence-electron chi connectivity index (χ0n) is 12.5. The smallest absolute Gasteiger partial charge is 0.358 e. The number of aromatic carboxylic acids is 1. The second-order valence-electron chi connectivity index (χ2n) is 6.33. The Bertz CT molecular complexity index is 510. The van der Waals surface area contributed by atoms with Crippen LogP contribution in [0.2, 0.25) is 0 Å². The number of nitrogens with zero attached hydrogens (tertiary/aromatic N) is 4. The van der Waals surface area contributed by atoms with E-state index in [0.29, 0.717) is 18.1 Å². The molecule has 0 bridgehead atoms. The normalized spacial score (nSPS) is 27.8. The van der Waals surface area contributed by atoms with Crippen molar-refractivity contribution < 1.29 is 14.6 Å². The maximum absolute atomic E-state index is 10.8. The van der Waals surface area contributed by atoms with Gasteiger partial charge in [-0.2, -0.15) is 0 Å². The Morgan fingerprint density at radius 2 is 2.19 bits per heavy atom. The van der Waals surface area contributed by atoms with Gasteiger partial charge >= 0.3 is 5.97 Å². The third-order valence-electron chi connectivity index (χ3n) is 4.54. The summed E-state index contributed by atoms with van der Waals surface area (Å²) in [7, 11) is 0. The Morgan fingerprint density at radius 3 is 2.81 bits per heavy atom. The topological polar surface area (TPSA) is 80.5 Å². The van der Waals surface area contributed by atoms with Gasteiger partial charge in [-0.1, -0.05) is 19.1 Å². The van der Waals surface area contributed by atoms with Crippen LogP contribution in [0.4, 0.5) is 0 Å². The second kappa shape index (κ2) is 5.73. The minimum atomic E-state index is -1.03. The van der Waals surface area contributed by atoms with Crippen molar-refractivity contribution >= 4 is 5.97 Å². The lowest BCUT2D eigenvalue weighted by molar-refractivity contribution is -0.0702. The van der Waals surface area contributed by atoms with Crippen LogP contribution in [0.15, 0.2) is 6.20 Å². The monoisotopic (exact) mass is 294 g/mol. The lowest BCUT2D eigenvalue weighted by atomic mass is 9.92. The fourth-order valence-electron chi connectivity index (χ4n) is 3.11. The van der Waals surface area contributed by atoms with Crippen LogP contribution in [0.5, 0.6) is 0 Å². The fourth-order valence-corrected chi connectivity index (χ4v) is 3.11. The van der Waals surface area contributed by atoms with Gasteiger partial charge in [-0.15, -0.1) is 5.10 Å². The molecule has 2 aliphatic rings. The highest BCUT2D eigenvalue weighted by Gasteiger charge is 2.37. The molecule has 7 heteroatoms. The van der Waals surface area contributed by atoms with Gasteiger partial charge in [-0.25, -0.2) is 9.48 Å². The Hall–Kier alpha value is -1.47. The molecule has 0 amide bonds. The van der Waals surface area contributed by atoms with Crippen LogP contribution in [-0.4, -0.2) is 62.8 Å². The molecule has 0 saturated carbocycles. The van der Waals surface area contributed by atoms with Gasteiger partial charge in [0.1, 0.15) is 0 Å². The van der Waals surface area contributed by atoms with E-state index in [9.17, 15) is 4.79 Å². The molecule has 0 aliphatic carbocycles. The lowest BCUT2D eigenvalue weighted by Gasteiger charge is -2.47. The molecule has 2 unspecified atom stereocenters. The van der Waals surface area contributed by atoms with Gasteiger partial charge in [-0.05, 0) is 18.8 Å². The van der Waals surface area contributed by atoms with Gasteiger partial charge in [0.05, 0.1) is 18.3 Å². The summed E-state index contributed by atoms with van der Waals surface area (Å²) in [4.78, 5) is 13.3. The van der Waals surface area contributed by atoms with Crippen LogP contribution >= 0.6 is 0 Å². The average molecular weight is 294 g/mol. The van der Waals surface area contributed by atoms with Gasteiger partial charge in [0.2, 0.25) is 0 Å². The van der Waals surface area contributed by atoms with E-state index < -0.39 is 5.97 Å². The van der Waals surface area contributed by atoms with E-state index in [-0.39, 0.29) is 11.7 Å². The molecule has 1 N–H and O–H groups in total. The molecule has 3 heterocycles. The van der Waals surface area contributed by atoms with Gasteiger partial charge in [-0.3, -0.25) is 4.90 Å². The minimum Gasteiger partial charge on any atom is -0.476 e. The largest absolute Gasteiger partial charge is 0.476 e. The highest BCUT2D eigenvalue weighted by molar-refractivity contribution is 5.84. The van der Waals surface area contributed by atoms with E-state index in [1.807, 2.05) is 0 Å². The molecule has 3 rings (SSSR count). The standard InChI is InChI=1S/C14H22N4O3/c1-9(2)13-5-10(3-4-21-13)17-6-11(7-17)18-8-12(14(19)20)15-16-18/h8-11,13H,3-7H2,1-2H3,(H,19,20). The molecule has 7 nitrogen and oxygen atoms in total. The van der Waals surface area contributed by atoms with E-state index in [1.165, 1.54) is 6.20 Å². The van der Waals surface area contributed by atoms with Crippen molar-refractivity contribution in [3.05, 3.63) is 11.9 Å². The van der Waals surface area contributed by atoms with Crippen LogP contribution < -0.4 is 0 Å². The maximum Gasteiger partial charge on any atom is 0.358 e. The molecule has 0 spiro atoms. The summed E-state index contributed by atoms with van der Waals surface area (Å²) in [6.07, 6.45) is 4.04.